The highest BCUT2D eigenvalue weighted by molar-refractivity contribution is 4.89. The van der Waals surface area contributed by atoms with Crippen molar-refractivity contribution in [2.75, 3.05) is 19.8 Å². The molecule has 0 unspecified atom stereocenters. The number of allylic oxidation sites excluding steroid dienone is 2. The van der Waals surface area contributed by atoms with Crippen molar-refractivity contribution < 1.29 is 24.8 Å². The number of unbranched alkanes of at least 4 members (excludes halogenated alkanes) is 10. The Morgan fingerprint density at radius 1 is 0.963 bits per heavy atom. The molecule has 1 heterocycles. The van der Waals surface area contributed by atoms with E-state index in [4.69, 9.17) is 14.6 Å². The minimum absolute atomic E-state index is 0.150. The Hall–Kier alpha value is -0.460. The van der Waals surface area contributed by atoms with E-state index in [1.165, 1.54) is 57.8 Å². The number of hydrogen-bond acceptors (Lipinski definition) is 5. The van der Waals surface area contributed by atoms with Gasteiger partial charge >= 0.3 is 0 Å². The SMILES string of the molecule is CCCCCCCC/C=C/CCCCCCO[C@H]1[C@@H]([C@H](O)CO)OC[C@@H]1O. The predicted molar refractivity (Wildman–Crippen MR) is 109 cm³/mol. The molecule has 1 aliphatic heterocycles. The fraction of sp³-hybridized carbons (Fsp3) is 0.909. The second-order valence-electron chi connectivity index (χ2n) is 7.68. The van der Waals surface area contributed by atoms with Gasteiger partial charge in [-0.3, -0.25) is 0 Å². The van der Waals surface area contributed by atoms with Crippen molar-refractivity contribution in [3.8, 4) is 0 Å². The predicted octanol–water partition coefficient (Wildman–Crippen LogP) is 3.74. The van der Waals surface area contributed by atoms with Crippen molar-refractivity contribution in [3.05, 3.63) is 12.2 Å². The second-order valence-corrected chi connectivity index (χ2v) is 7.68. The summed E-state index contributed by atoms with van der Waals surface area (Å²) in [6, 6.07) is 0. The van der Waals surface area contributed by atoms with Gasteiger partial charge in [0.15, 0.2) is 0 Å². The van der Waals surface area contributed by atoms with Crippen LogP contribution < -0.4 is 0 Å². The molecule has 0 bridgehead atoms. The summed E-state index contributed by atoms with van der Waals surface area (Å²) < 4.78 is 11.0. The van der Waals surface area contributed by atoms with Crippen LogP contribution in [0.1, 0.15) is 84.0 Å². The third-order valence-electron chi connectivity index (χ3n) is 5.20. The number of aliphatic hydroxyl groups excluding tert-OH is 3. The van der Waals surface area contributed by atoms with Crippen LogP contribution in [0, 0.1) is 0 Å². The van der Waals surface area contributed by atoms with E-state index in [-0.39, 0.29) is 13.2 Å². The zero-order valence-electron chi connectivity index (χ0n) is 17.2. The second kappa shape index (κ2) is 16.5. The summed E-state index contributed by atoms with van der Waals surface area (Å²) in [5.74, 6) is 0. The minimum atomic E-state index is -1.00. The van der Waals surface area contributed by atoms with Crippen LogP contribution >= 0.6 is 0 Å². The Morgan fingerprint density at radius 2 is 1.56 bits per heavy atom. The molecular formula is C22H42O5. The van der Waals surface area contributed by atoms with Crippen LogP contribution in [0.5, 0.6) is 0 Å². The lowest BCUT2D eigenvalue weighted by Crippen LogP contribution is -2.42. The number of ether oxygens (including phenoxy) is 2. The highest BCUT2D eigenvalue weighted by Crippen LogP contribution is 2.21. The summed E-state index contributed by atoms with van der Waals surface area (Å²) in [7, 11) is 0. The van der Waals surface area contributed by atoms with E-state index in [1.807, 2.05) is 0 Å². The summed E-state index contributed by atoms with van der Waals surface area (Å²) in [4.78, 5) is 0. The van der Waals surface area contributed by atoms with Crippen molar-refractivity contribution in [3.63, 3.8) is 0 Å². The molecule has 3 N–H and O–H groups in total. The van der Waals surface area contributed by atoms with E-state index in [2.05, 4.69) is 19.1 Å². The molecule has 0 aliphatic carbocycles. The third-order valence-corrected chi connectivity index (χ3v) is 5.20. The van der Waals surface area contributed by atoms with Gasteiger partial charge in [0.05, 0.1) is 13.2 Å². The molecular weight excluding hydrogens is 344 g/mol. The normalized spacial score (nSPS) is 24.1. The number of hydrogen-bond donors (Lipinski definition) is 3. The topological polar surface area (TPSA) is 79.2 Å². The number of aliphatic hydroxyl groups is 3. The Morgan fingerprint density at radius 3 is 2.19 bits per heavy atom. The molecule has 27 heavy (non-hydrogen) atoms. The Balaban J connectivity index is 1.92. The monoisotopic (exact) mass is 386 g/mol. The molecule has 0 aromatic carbocycles. The average molecular weight is 387 g/mol. The van der Waals surface area contributed by atoms with E-state index < -0.39 is 24.4 Å². The zero-order valence-corrected chi connectivity index (χ0v) is 17.2. The molecule has 4 atom stereocenters. The van der Waals surface area contributed by atoms with Gasteiger partial charge in [-0.2, -0.15) is 0 Å². The molecule has 0 spiro atoms. The van der Waals surface area contributed by atoms with Crippen LogP contribution in [0.3, 0.4) is 0 Å². The molecule has 0 amide bonds. The maximum absolute atomic E-state index is 9.87. The lowest BCUT2D eigenvalue weighted by atomic mass is 10.1. The van der Waals surface area contributed by atoms with E-state index in [1.54, 1.807) is 0 Å². The van der Waals surface area contributed by atoms with E-state index >= 15 is 0 Å². The summed E-state index contributed by atoms with van der Waals surface area (Å²) in [5.41, 5.74) is 0. The Bertz CT molecular complexity index is 361. The lowest BCUT2D eigenvalue weighted by molar-refractivity contribution is -0.0938. The van der Waals surface area contributed by atoms with Crippen molar-refractivity contribution in [1.82, 2.24) is 0 Å². The fourth-order valence-corrected chi connectivity index (χ4v) is 3.47. The number of rotatable bonds is 17. The molecule has 1 aliphatic rings. The molecule has 0 aromatic rings. The smallest absolute Gasteiger partial charge is 0.114 e. The summed E-state index contributed by atoms with van der Waals surface area (Å²) in [6.07, 6.45) is 16.7. The molecule has 0 saturated carbocycles. The van der Waals surface area contributed by atoms with Crippen LogP contribution in [0.15, 0.2) is 12.2 Å². The van der Waals surface area contributed by atoms with Gasteiger partial charge in [-0.25, -0.2) is 0 Å². The first kappa shape index (κ1) is 24.6. The van der Waals surface area contributed by atoms with Crippen LogP contribution in [0.25, 0.3) is 0 Å². The van der Waals surface area contributed by atoms with Crippen molar-refractivity contribution >= 4 is 0 Å². The minimum Gasteiger partial charge on any atom is -0.394 e. The molecule has 1 fully saturated rings. The van der Waals surface area contributed by atoms with Crippen molar-refractivity contribution in [1.29, 1.82) is 0 Å². The van der Waals surface area contributed by atoms with Gasteiger partial charge in [-0.1, -0.05) is 64.0 Å². The molecule has 160 valence electrons. The lowest BCUT2D eigenvalue weighted by Gasteiger charge is -2.23. The Labute approximate surface area is 165 Å². The van der Waals surface area contributed by atoms with Gasteiger partial charge < -0.3 is 24.8 Å². The van der Waals surface area contributed by atoms with Crippen molar-refractivity contribution in [2.24, 2.45) is 0 Å². The van der Waals surface area contributed by atoms with Gasteiger partial charge in [0, 0.05) is 6.61 Å². The fourth-order valence-electron chi connectivity index (χ4n) is 3.47. The van der Waals surface area contributed by atoms with Gasteiger partial charge in [0.25, 0.3) is 0 Å². The van der Waals surface area contributed by atoms with Gasteiger partial charge in [-0.05, 0) is 32.1 Å². The zero-order chi connectivity index (χ0) is 19.7. The molecule has 0 aromatic heterocycles. The van der Waals surface area contributed by atoms with Crippen LogP contribution in [-0.4, -0.2) is 59.6 Å². The molecule has 5 nitrogen and oxygen atoms in total. The van der Waals surface area contributed by atoms with Gasteiger partial charge in [0.2, 0.25) is 0 Å². The van der Waals surface area contributed by atoms with Gasteiger partial charge in [-0.15, -0.1) is 0 Å². The van der Waals surface area contributed by atoms with E-state index in [0.717, 1.165) is 19.3 Å². The molecule has 1 rings (SSSR count). The highest BCUT2D eigenvalue weighted by atomic mass is 16.6. The summed E-state index contributed by atoms with van der Waals surface area (Å²) in [5, 5.41) is 28.6. The third kappa shape index (κ3) is 11.2. The van der Waals surface area contributed by atoms with Crippen LogP contribution in [-0.2, 0) is 9.47 Å². The quantitative estimate of drug-likeness (QED) is 0.262. The van der Waals surface area contributed by atoms with Gasteiger partial charge in [0.1, 0.15) is 24.4 Å². The standard InChI is InChI=1S/C22H42O5/c1-2-3-4-5-6-7-8-9-10-11-12-13-14-15-16-26-22-20(25)18-27-21(22)19(24)17-23/h9-10,19-25H,2-8,11-18H2,1H3/b10-9+/t19-,20+,21-,22-/m1/s1. The first-order valence-electron chi connectivity index (χ1n) is 11.1. The average Bonchev–Trinajstić information content (AvgIpc) is 3.04. The molecule has 0 radical (unpaired) electrons. The largest absolute Gasteiger partial charge is 0.394 e. The summed E-state index contributed by atoms with van der Waals surface area (Å²) >= 11 is 0. The maximum Gasteiger partial charge on any atom is 0.114 e. The van der Waals surface area contributed by atoms with Crippen LogP contribution in [0.4, 0.5) is 0 Å². The molecule has 1 saturated heterocycles. The van der Waals surface area contributed by atoms with Crippen LogP contribution in [0.2, 0.25) is 0 Å². The maximum atomic E-state index is 9.87. The van der Waals surface area contributed by atoms with E-state index in [9.17, 15) is 10.2 Å². The Kier molecular flexibility index (Phi) is 15.0. The van der Waals surface area contributed by atoms with E-state index in [0.29, 0.717) is 6.61 Å². The highest BCUT2D eigenvalue weighted by Gasteiger charge is 2.40. The van der Waals surface area contributed by atoms with Crippen molar-refractivity contribution in [2.45, 2.75) is 108 Å². The first-order chi connectivity index (χ1) is 13.2. The first-order valence-corrected chi connectivity index (χ1v) is 11.1. The summed E-state index contributed by atoms with van der Waals surface area (Å²) in [6.45, 7) is 2.57. The molecule has 5 heteroatoms.